The SMILES string of the molecule is COc1n[nH]c(NC(=O)Nc2ccccc2F)n1. The lowest BCUT2D eigenvalue weighted by Gasteiger charge is -2.05. The smallest absolute Gasteiger partial charge is 0.336 e. The van der Waals surface area contributed by atoms with Crippen LogP contribution in [0.5, 0.6) is 6.01 Å². The van der Waals surface area contributed by atoms with Crippen molar-refractivity contribution in [2.45, 2.75) is 0 Å². The van der Waals surface area contributed by atoms with Gasteiger partial charge in [-0.2, -0.15) is 4.98 Å². The van der Waals surface area contributed by atoms with Gasteiger partial charge in [0.15, 0.2) is 0 Å². The Balaban J connectivity index is 1.99. The Morgan fingerprint density at radius 2 is 2.17 bits per heavy atom. The van der Waals surface area contributed by atoms with Crippen molar-refractivity contribution in [2.75, 3.05) is 17.7 Å². The van der Waals surface area contributed by atoms with Gasteiger partial charge in [-0.25, -0.2) is 14.3 Å². The van der Waals surface area contributed by atoms with Crippen molar-refractivity contribution in [1.29, 1.82) is 0 Å². The molecule has 0 unspecified atom stereocenters. The molecule has 0 aliphatic heterocycles. The second-order valence-corrected chi connectivity index (χ2v) is 3.23. The highest BCUT2D eigenvalue weighted by molar-refractivity contribution is 5.98. The van der Waals surface area contributed by atoms with Crippen molar-refractivity contribution < 1.29 is 13.9 Å². The number of rotatable bonds is 3. The van der Waals surface area contributed by atoms with Gasteiger partial charge in [0.2, 0.25) is 5.95 Å². The average molecular weight is 251 g/mol. The molecule has 2 aromatic rings. The van der Waals surface area contributed by atoms with E-state index in [0.29, 0.717) is 0 Å². The molecular weight excluding hydrogens is 241 g/mol. The maximum Gasteiger partial charge on any atom is 0.336 e. The highest BCUT2D eigenvalue weighted by Crippen LogP contribution is 2.12. The number of anilines is 2. The van der Waals surface area contributed by atoms with Crippen LogP contribution >= 0.6 is 0 Å². The number of carbonyl (C=O) groups excluding carboxylic acids is 1. The lowest BCUT2D eigenvalue weighted by Crippen LogP contribution is -2.20. The Labute approximate surface area is 101 Å². The number of methoxy groups -OCH3 is 1. The van der Waals surface area contributed by atoms with Gasteiger partial charge in [-0.1, -0.05) is 12.1 Å². The zero-order chi connectivity index (χ0) is 13.0. The fourth-order valence-corrected chi connectivity index (χ4v) is 1.22. The summed E-state index contributed by atoms with van der Waals surface area (Å²) in [5, 5.41) is 10.8. The molecular formula is C10H10FN5O2. The normalized spacial score (nSPS) is 9.89. The fourth-order valence-electron chi connectivity index (χ4n) is 1.22. The van der Waals surface area contributed by atoms with E-state index in [2.05, 4.69) is 25.8 Å². The molecule has 0 aliphatic rings. The molecule has 0 saturated heterocycles. The molecule has 0 aliphatic carbocycles. The quantitative estimate of drug-likeness (QED) is 0.772. The first kappa shape index (κ1) is 11.8. The molecule has 1 aromatic carbocycles. The first-order valence-electron chi connectivity index (χ1n) is 4.98. The van der Waals surface area contributed by atoms with E-state index in [4.69, 9.17) is 4.74 Å². The maximum atomic E-state index is 13.2. The van der Waals surface area contributed by atoms with Crippen LogP contribution in [0, 0.1) is 5.82 Å². The van der Waals surface area contributed by atoms with Crippen LogP contribution in [0.3, 0.4) is 0 Å². The molecule has 2 rings (SSSR count). The van der Waals surface area contributed by atoms with E-state index in [-0.39, 0.29) is 17.6 Å². The van der Waals surface area contributed by atoms with Crippen LogP contribution in [0.15, 0.2) is 24.3 Å². The number of nitrogens with zero attached hydrogens (tertiary/aromatic N) is 2. The highest BCUT2D eigenvalue weighted by Gasteiger charge is 2.09. The van der Waals surface area contributed by atoms with Gasteiger partial charge < -0.3 is 10.1 Å². The number of urea groups is 1. The lowest BCUT2D eigenvalue weighted by molar-refractivity contribution is 0.262. The van der Waals surface area contributed by atoms with Gasteiger partial charge in [-0.05, 0) is 12.1 Å². The number of aromatic amines is 1. The summed E-state index contributed by atoms with van der Waals surface area (Å²) in [5.41, 5.74) is 0.0708. The van der Waals surface area contributed by atoms with E-state index in [1.807, 2.05) is 0 Å². The number of carbonyl (C=O) groups is 1. The number of amides is 2. The number of para-hydroxylation sites is 1. The zero-order valence-corrected chi connectivity index (χ0v) is 9.40. The van der Waals surface area contributed by atoms with Crippen LogP contribution in [0.1, 0.15) is 0 Å². The van der Waals surface area contributed by atoms with Crippen molar-refractivity contribution in [3.63, 3.8) is 0 Å². The van der Waals surface area contributed by atoms with Gasteiger partial charge in [0.05, 0.1) is 12.8 Å². The molecule has 0 radical (unpaired) electrons. The third-order valence-electron chi connectivity index (χ3n) is 2.00. The van der Waals surface area contributed by atoms with Crippen LogP contribution in [0.25, 0.3) is 0 Å². The van der Waals surface area contributed by atoms with E-state index in [1.165, 1.54) is 25.3 Å². The van der Waals surface area contributed by atoms with Gasteiger partial charge in [-0.15, -0.1) is 5.10 Å². The predicted octanol–water partition coefficient (Wildman–Crippen LogP) is 1.60. The second kappa shape index (κ2) is 5.13. The summed E-state index contributed by atoms with van der Waals surface area (Å²) >= 11 is 0. The summed E-state index contributed by atoms with van der Waals surface area (Å²) in [6.07, 6.45) is 0. The number of nitrogens with one attached hydrogen (secondary N) is 3. The number of hydrogen-bond acceptors (Lipinski definition) is 4. The van der Waals surface area contributed by atoms with Gasteiger partial charge in [0, 0.05) is 0 Å². The number of ether oxygens (including phenoxy) is 1. The number of aromatic nitrogens is 3. The lowest BCUT2D eigenvalue weighted by atomic mass is 10.3. The molecule has 0 saturated carbocycles. The first-order valence-corrected chi connectivity index (χ1v) is 4.98. The molecule has 18 heavy (non-hydrogen) atoms. The van der Waals surface area contributed by atoms with E-state index in [9.17, 15) is 9.18 Å². The number of benzene rings is 1. The van der Waals surface area contributed by atoms with Crippen LogP contribution < -0.4 is 15.4 Å². The second-order valence-electron chi connectivity index (χ2n) is 3.23. The van der Waals surface area contributed by atoms with Crippen LogP contribution in [-0.2, 0) is 0 Å². The number of H-pyrrole nitrogens is 1. The molecule has 7 nitrogen and oxygen atoms in total. The number of hydrogen-bond donors (Lipinski definition) is 3. The molecule has 1 heterocycles. The van der Waals surface area contributed by atoms with E-state index < -0.39 is 11.8 Å². The highest BCUT2D eigenvalue weighted by atomic mass is 19.1. The standard InChI is InChI=1S/C10H10FN5O2/c1-18-10-14-8(15-16-10)13-9(17)12-7-5-3-2-4-6(7)11/h2-5H,1H3,(H3,12,13,14,15,16,17). The molecule has 0 atom stereocenters. The van der Waals surface area contributed by atoms with Crippen LogP contribution in [0.2, 0.25) is 0 Å². The molecule has 2 amide bonds. The minimum Gasteiger partial charge on any atom is -0.466 e. The summed E-state index contributed by atoms with van der Waals surface area (Å²) in [4.78, 5) is 15.3. The van der Waals surface area contributed by atoms with Crippen LogP contribution in [0.4, 0.5) is 20.8 Å². The van der Waals surface area contributed by atoms with Crippen molar-refractivity contribution in [3.05, 3.63) is 30.1 Å². The molecule has 1 aromatic heterocycles. The monoisotopic (exact) mass is 251 g/mol. The Hall–Kier alpha value is -2.64. The maximum absolute atomic E-state index is 13.2. The average Bonchev–Trinajstić information content (AvgIpc) is 2.80. The Morgan fingerprint density at radius 3 is 2.83 bits per heavy atom. The zero-order valence-electron chi connectivity index (χ0n) is 9.40. The minimum atomic E-state index is -0.640. The van der Waals surface area contributed by atoms with Crippen molar-refractivity contribution in [1.82, 2.24) is 15.2 Å². The fraction of sp³-hybridized carbons (Fsp3) is 0.100. The van der Waals surface area contributed by atoms with Crippen LogP contribution in [-0.4, -0.2) is 28.3 Å². The Morgan fingerprint density at radius 1 is 1.39 bits per heavy atom. The molecule has 0 fully saturated rings. The predicted molar refractivity (Wildman–Crippen MR) is 62.0 cm³/mol. The molecule has 3 N–H and O–H groups in total. The van der Waals surface area contributed by atoms with Gasteiger partial charge in [0.1, 0.15) is 5.82 Å². The van der Waals surface area contributed by atoms with Gasteiger partial charge in [-0.3, -0.25) is 5.32 Å². The number of halogens is 1. The molecule has 8 heteroatoms. The van der Waals surface area contributed by atoms with Gasteiger partial charge in [0.25, 0.3) is 0 Å². The Bertz CT molecular complexity index is 557. The summed E-state index contributed by atoms with van der Waals surface area (Å²) in [5.74, 6) is -0.427. The van der Waals surface area contributed by atoms with E-state index in [1.54, 1.807) is 6.07 Å². The summed E-state index contributed by atoms with van der Waals surface area (Å²) in [7, 11) is 1.40. The minimum absolute atomic E-state index is 0.0708. The topological polar surface area (TPSA) is 91.9 Å². The molecule has 0 bridgehead atoms. The molecule has 94 valence electrons. The largest absolute Gasteiger partial charge is 0.466 e. The Kier molecular flexibility index (Phi) is 3.37. The van der Waals surface area contributed by atoms with Gasteiger partial charge >= 0.3 is 12.0 Å². The van der Waals surface area contributed by atoms with E-state index in [0.717, 1.165) is 0 Å². The first-order chi connectivity index (χ1) is 8.69. The molecule has 0 spiro atoms. The van der Waals surface area contributed by atoms with E-state index >= 15 is 0 Å². The third-order valence-corrected chi connectivity index (χ3v) is 2.00. The summed E-state index contributed by atoms with van der Waals surface area (Å²) in [6.45, 7) is 0. The summed E-state index contributed by atoms with van der Waals surface area (Å²) in [6, 6.07) is 5.27. The summed E-state index contributed by atoms with van der Waals surface area (Å²) < 4.78 is 18.0. The third kappa shape index (κ3) is 2.73. The van der Waals surface area contributed by atoms with Crippen molar-refractivity contribution in [2.24, 2.45) is 0 Å². The van der Waals surface area contributed by atoms with Crippen molar-refractivity contribution in [3.8, 4) is 6.01 Å². The van der Waals surface area contributed by atoms with Crippen molar-refractivity contribution >= 4 is 17.7 Å².